The maximum Gasteiger partial charge on any atom is 0.261 e. The third-order valence-corrected chi connectivity index (χ3v) is 5.21. The molecule has 5 nitrogen and oxygen atoms in total. The summed E-state index contributed by atoms with van der Waals surface area (Å²) in [6, 6.07) is 8.74. The van der Waals surface area contributed by atoms with Gasteiger partial charge in [-0.3, -0.25) is 9.59 Å². The van der Waals surface area contributed by atoms with Crippen LogP contribution in [-0.2, 0) is 4.79 Å². The van der Waals surface area contributed by atoms with E-state index < -0.39 is 5.91 Å². The highest BCUT2D eigenvalue weighted by Gasteiger charge is 2.30. The molecule has 1 aliphatic heterocycles. The lowest BCUT2D eigenvalue weighted by Gasteiger charge is -2.24. The third kappa shape index (κ3) is 3.55. The molecule has 2 aromatic rings. The monoisotopic (exact) mass is 364 g/mol. The van der Waals surface area contributed by atoms with E-state index >= 15 is 0 Å². The highest BCUT2D eigenvalue weighted by atomic mass is 35.5. The molecule has 7 heteroatoms. The molecular weight excluding hydrogens is 348 g/mol. The fourth-order valence-electron chi connectivity index (χ4n) is 2.88. The van der Waals surface area contributed by atoms with Crippen LogP contribution in [0.3, 0.4) is 0 Å². The molecular formula is C17H17ClN2O3S. The summed E-state index contributed by atoms with van der Waals surface area (Å²) >= 11 is 7.52. The van der Waals surface area contributed by atoms with Crippen molar-refractivity contribution in [1.29, 1.82) is 0 Å². The van der Waals surface area contributed by atoms with Gasteiger partial charge >= 0.3 is 0 Å². The van der Waals surface area contributed by atoms with Gasteiger partial charge in [-0.05, 0) is 42.5 Å². The Morgan fingerprint density at radius 3 is 2.92 bits per heavy atom. The number of nitrogens with two attached hydrogens (primary N) is 1. The number of carbonyl (C=O) groups is 2. The van der Waals surface area contributed by atoms with Crippen molar-refractivity contribution >= 4 is 34.8 Å². The topological polar surface area (TPSA) is 72.6 Å². The molecule has 1 atom stereocenters. The number of hydrogen-bond acceptors (Lipinski definition) is 4. The first-order chi connectivity index (χ1) is 11.6. The summed E-state index contributed by atoms with van der Waals surface area (Å²) in [7, 11) is 0. The first-order valence-electron chi connectivity index (χ1n) is 7.61. The van der Waals surface area contributed by atoms with Crippen LogP contribution in [0.15, 0.2) is 35.7 Å². The van der Waals surface area contributed by atoms with E-state index in [1.54, 1.807) is 23.5 Å². The second-order valence-electron chi connectivity index (χ2n) is 5.55. The van der Waals surface area contributed by atoms with Crippen LogP contribution in [0, 0.1) is 0 Å². The van der Waals surface area contributed by atoms with Crippen molar-refractivity contribution in [3.63, 3.8) is 0 Å². The van der Waals surface area contributed by atoms with E-state index in [4.69, 9.17) is 22.1 Å². The second kappa shape index (κ2) is 7.23. The van der Waals surface area contributed by atoms with Crippen LogP contribution in [-0.4, -0.2) is 29.9 Å². The number of ether oxygens (including phenoxy) is 1. The molecule has 0 aliphatic carbocycles. The van der Waals surface area contributed by atoms with Gasteiger partial charge in [0.1, 0.15) is 5.75 Å². The summed E-state index contributed by atoms with van der Waals surface area (Å²) in [5, 5.41) is 2.40. The molecule has 2 heterocycles. The minimum absolute atomic E-state index is 0.101. The van der Waals surface area contributed by atoms with Gasteiger partial charge in [-0.15, -0.1) is 11.3 Å². The summed E-state index contributed by atoms with van der Waals surface area (Å²) in [6.45, 7) is 0.581. The van der Waals surface area contributed by atoms with Crippen molar-refractivity contribution in [3.8, 4) is 5.75 Å². The first kappa shape index (κ1) is 16.8. The summed E-state index contributed by atoms with van der Waals surface area (Å²) in [6.07, 6.45) is 1.93. The fraction of sp³-hybridized carbons (Fsp3) is 0.294. The Bertz CT molecular complexity index is 748. The van der Waals surface area contributed by atoms with Gasteiger partial charge in [0.05, 0.1) is 11.6 Å². The molecule has 3 rings (SSSR count). The van der Waals surface area contributed by atoms with Crippen molar-refractivity contribution in [2.75, 3.05) is 13.2 Å². The van der Waals surface area contributed by atoms with E-state index in [1.807, 2.05) is 22.4 Å². The predicted molar refractivity (Wildman–Crippen MR) is 93.5 cm³/mol. The summed E-state index contributed by atoms with van der Waals surface area (Å²) in [5.41, 5.74) is 5.50. The highest BCUT2D eigenvalue weighted by molar-refractivity contribution is 7.10. The third-order valence-electron chi connectivity index (χ3n) is 4.00. The van der Waals surface area contributed by atoms with Crippen LogP contribution >= 0.6 is 22.9 Å². The van der Waals surface area contributed by atoms with E-state index in [0.717, 1.165) is 12.8 Å². The normalized spacial score (nSPS) is 17.0. The van der Waals surface area contributed by atoms with Crippen LogP contribution in [0.25, 0.3) is 0 Å². The van der Waals surface area contributed by atoms with Gasteiger partial charge in [-0.2, -0.15) is 0 Å². The average Bonchev–Trinajstić information content (AvgIpc) is 3.23. The van der Waals surface area contributed by atoms with Crippen molar-refractivity contribution in [2.45, 2.75) is 18.9 Å². The number of hydrogen-bond donors (Lipinski definition) is 1. The number of thiophene rings is 1. The molecule has 0 spiro atoms. The molecule has 1 aliphatic rings. The van der Waals surface area contributed by atoms with Crippen LogP contribution in [0.4, 0.5) is 0 Å². The zero-order valence-electron chi connectivity index (χ0n) is 12.9. The van der Waals surface area contributed by atoms with Crippen molar-refractivity contribution in [1.82, 2.24) is 4.90 Å². The van der Waals surface area contributed by atoms with Crippen LogP contribution < -0.4 is 10.5 Å². The quantitative estimate of drug-likeness (QED) is 0.885. The van der Waals surface area contributed by atoms with Crippen LogP contribution in [0.2, 0.25) is 5.02 Å². The predicted octanol–water partition coefficient (Wildman–Crippen LogP) is 3.24. The number of benzene rings is 1. The molecule has 1 saturated heterocycles. The largest absolute Gasteiger partial charge is 0.483 e. The highest BCUT2D eigenvalue weighted by Crippen LogP contribution is 2.34. The molecule has 1 aromatic carbocycles. The lowest BCUT2D eigenvalue weighted by Crippen LogP contribution is -2.34. The fourth-order valence-corrected chi connectivity index (χ4v) is 3.93. The Hall–Kier alpha value is -2.05. The molecule has 0 saturated carbocycles. The summed E-state index contributed by atoms with van der Waals surface area (Å²) in [4.78, 5) is 27.0. The lowest BCUT2D eigenvalue weighted by atomic mass is 10.2. The maximum absolute atomic E-state index is 12.5. The van der Waals surface area contributed by atoms with Crippen molar-refractivity contribution < 1.29 is 14.3 Å². The molecule has 1 fully saturated rings. The zero-order chi connectivity index (χ0) is 17.1. The minimum atomic E-state index is -0.641. The Morgan fingerprint density at radius 2 is 2.21 bits per heavy atom. The number of primary amides is 1. The molecule has 0 radical (unpaired) electrons. The number of nitrogens with zero attached hydrogens (tertiary/aromatic N) is 1. The molecule has 24 heavy (non-hydrogen) atoms. The maximum atomic E-state index is 12.5. The van der Waals surface area contributed by atoms with E-state index in [2.05, 4.69) is 0 Å². The molecule has 126 valence electrons. The van der Waals surface area contributed by atoms with Crippen molar-refractivity contribution in [3.05, 3.63) is 51.2 Å². The molecule has 2 amide bonds. The van der Waals surface area contributed by atoms with E-state index in [0.29, 0.717) is 11.6 Å². The Balaban J connectivity index is 1.69. The Morgan fingerprint density at radius 1 is 1.38 bits per heavy atom. The average molecular weight is 365 g/mol. The van der Waals surface area contributed by atoms with E-state index in [9.17, 15) is 9.59 Å². The van der Waals surface area contributed by atoms with E-state index in [-0.39, 0.29) is 29.9 Å². The van der Waals surface area contributed by atoms with Gasteiger partial charge in [-0.25, -0.2) is 0 Å². The second-order valence-corrected chi connectivity index (χ2v) is 6.97. The number of rotatable bonds is 5. The summed E-state index contributed by atoms with van der Waals surface area (Å²) < 4.78 is 5.55. The Labute approximate surface area is 149 Å². The van der Waals surface area contributed by atoms with Crippen LogP contribution in [0.1, 0.15) is 34.1 Å². The number of amides is 2. The molecule has 0 bridgehead atoms. The SMILES string of the molecule is NC(=O)c1cc(Cl)ccc1OCC(=O)N1CCCC1c1cccs1. The van der Waals surface area contributed by atoms with Gasteiger partial charge in [0.15, 0.2) is 6.61 Å². The number of halogens is 1. The minimum Gasteiger partial charge on any atom is -0.483 e. The summed E-state index contributed by atoms with van der Waals surface area (Å²) in [5.74, 6) is -0.471. The molecule has 1 aromatic heterocycles. The first-order valence-corrected chi connectivity index (χ1v) is 8.87. The van der Waals surface area contributed by atoms with Crippen LogP contribution in [0.5, 0.6) is 5.75 Å². The van der Waals surface area contributed by atoms with Crippen molar-refractivity contribution in [2.24, 2.45) is 5.73 Å². The zero-order valence-corrected chi connectivity index (χ0v) is 14.5. The number of likely N-dealkylation sites (tertiary alicyclic amines) is 1. The van der Waals surface area contributed by atoms with Gasteiger partial charge in [-0.1, -0.05) is 17.7 Å². The molecule has 1 unspecified atom stereocenters. The standard InChI is InChI=1S/C17H17ClN2O3S/c18-11-5-6-14(12(9-11)17(19)22)23-10-16(21)20-7-1-3-13(20)15-4-2-8-24-15/h2,4-6,8-9,13H,1,3,7,10H2,(H2,19,22). The lowest BCUT2D eigenvalue weighted by molar-refractivity contribution is -0.134. The van der Waals surface area contributed by atoms with Gasteiger partial charge < -0.3 is 15.4 Å². The Kier molecular flexibility index (Phi) is 5.06. The van der Waals surface area contributed by atoms with Gasteiger partial charge in [0.2, 0.25) is 0 Å². The van der Waals surface area contributed by atoms with E-state index in [1.165, 1.54) is 10.9 Å². The van der Waals surface area contributed by atoms with Gasteiger partial charge in [0.25, 0.3) is 11.8 Å². The number of carbonyl (C=O) groups excluding carboxylic acids is 2. The smallest absolute Gasteiger partial charge is 0.261 e. The molecule has 2 N–H and O–H groups in total. The van der Waals surface area contributed by atoms with Gasteiger partial charge in [0, 0.05) is 16.4 Å².